The first-order chi connectivity index (χ1) is 8.18. The van der Waals surface area contributed by atoms with E-state index in [1.165, 1.54) is 18.2 Å². The summed E-state index contributed by atoms with van der Waals surface area (Å²) in [6.45, 7) is 2.36. The third-order valence-electron chi connectivity index (χ3n) is 2.61. The molecule has 1 aliphatic rings. The molecule has 0 aliphatic carbocycles. The van der Waals surface area contributed by atoms with Crippen molar-refractivity contribution < 1.29 is 14.3 Å². The largest absolute Gasteiger partial charge is 0.381 e. The molecule has 3 N–H and O–H groups in total. The number of rotatable bonds is 7. The van der Waals surface area contributed by atoms with Gasteiger partial charge in [-0.25, -0.2) is 0 Å². The Bertz CT molecular complexity index is 255. The molecule has 1 atom stereocenters. The highest BCUT2D eigenvalue weighted by Gasteiger charge is 2.13. The van der Waals surface area contributed by atoms with Crippen LogP contribution in [0.4, 0.5) is 0 Å². The summed E-state index contributed by atoms with van der Waals surface area (Å²) < 4.78 is 5.36. The van der Waals surface area contributed by atoms with Gasteiger partial charge in [-0.2, -0.15) is 0 Å². The van der Waals surface area contributed by atoms with Gasteiger partial charge in [-0.3, -0.25) is 9.59 Å². The molecule has 0 unspecified atom stereocenters. The summed E-state index contributed by atoms with van der Waals surface area (Å²) >= 11 is 1.24. The Kier molecular flexibility index (Phi) is 7.04. The van der Waals surface area contributed by atoms with Crippen molar-refractivity contribution in [2.75, 3.05) is 31.3 Å². The van der Waals surface area contributed by atoms with Crippen LogP contribution in [-0.4, -0.2) is 43.1 Å². The first-order valence-electron chi connectivity index (χ1n) is 5.89. The third-order valence-corrected chi connectivity index (χ3v) is 3.56. The highest BCUT2D eigenvalue weighted by atomic mass is 32.2. The smallest absolute Gasteiger partial charge is 0.230 e. The normalized spacial score (nSPS) is 19.9. The fourth-order valence-corrected chi connectivity index (χ4v) is 2.34. The number of nitrogens with two attached hydrogens (primary N) is 1. The number of thioether (sulfide) groups is 1. The second kappa shape index (κ2) is 8.36. The Morgan fingerprint density at radius 3 is 2.88 bits per heavy atom. The molecule has 0 bridgehead atoms. The lowest BCUT2D eigenvalue weighted by atomic mass is 9.99. The molecular weight excluding hydrogens is 240 g/mol. The molecule has 0 aromatic carbocycles. The summed E-state index contributed by atoms with van der Waals surface area (Å²) in [6.07, 6.45) is 3.27. The van der Waals surface area contributed by atoms with Crippen LogP contribution in [0.3, 0.4) is 0 Å². The molecule has 1 rings (SSSR count). The molecule has 98 valence electrons. The number of hydrogen-bond donors (Lipinski definition) is 2. The van der Waals surface area contributed by atoms with Gasteiger partial charge in [0.05, 0.1) is 11.5 Å². The molecule has 0 saturated carbocycles. The highest BCUT2D eigenvalue weighted by Crippen LogP contribution is 2.16. The van der Waals surface area contributed by atoms with Crippen LogP contribution in [-0.2, 0) is 14.3 Å². The molecule has 0 spiro atoms. The van der Waals surface area contributed by atoms with Crippen molar-refractivity contribution in [3.05, 3.63) is 0 Å². The van der Waals surface area contributed by atoms with Crippen LogP contribution in [0.1, 0.15) is 19.3 Å². The van der Waals surface area contributed by atoms with E-state index in [1.54, 1.807) is 0 Å². The summed E-state index contributed by atoms with van der Waals surface area (Å²) in [5.41, 5.74) is 4.97. The predicted octanol–water partition coefficient (Wildman–Crippen LogP) is 0.138. The van der Waals surface area contributed by atoms with Crippen LogP contribution in [0, 0.1) is 5.92 Å². The number of hydrogen-bond acceptors (Lipinski definition) is 4. The second-order valence-corrected chi connectivity index (χ2v) is 5.17. The van der Waals surface area contributed by atoms with E-state index in [2.05, 4.69) is 5.32 Å². The number of primary amides is 1. The predicted molar refractivity (Wildman–Crippen MR) is 67.7 cm³/mol. The fraction of sp³-hybridized carbons (Fsp3) is 0.818. The molecule has 0 aromatic rings. The average molecular weight is 260 g/mol. The van der Waals surface area contributed by atoms with Crippen molar-refractivity contribution >= 4 is 23.6 Å². The fourth-order valence-electron chi connectivity index (χ4n) is 1.75. The topological polar surface area (TPSA) is 81.4 Å². The van der Waals surface area contributed by atoms with Gasteiger partial charge in [0.15, 0.2) is 0 Å². The van der Waals surface area contributed by atoms with E-state index in [-0.39, 0.29) is 17.6 Å². The number of carbonyl (C=O) groups excluding carboxylic acids is 2. The zero-order valence-corrected chi connectivity index (χ0v) is 10.8. The summed E-state index contributed by atoms with van der Waals surface area (Å²) in [7, 11) is 0. The molecule has 0 aromatic heterocycles. The Morgan fingerprint density at radius 1 is 1.41 bits per heavy atom. The van der Waals surface area contributed by atoms with Gasteiger partial charge in [-0.05, 0) is 25.2 Å². The van der Waals surface area contributed by atoms with Gasteiger partial charge in [0.25, 0.3) is 0 Å². The first kappa shape index (κ1) is 14.3. The van der Waals surface area contributed by atoms with Gasteiger partial charge >= 0.3 is 0 Å². The molecule has 17 heavy (non-hydrogen) atoms. The molecule has 6 heteroatoms. The molecule has 1 saturated heterocycles. The van der Waals surface area contributed by atoms with E-state index in [0.717, 1.165) is 26.1 Å². The lowest BCUT2D eigenvalue weighted by Crippen LogP contribution is -2.29. The van der Waals surface area contributed by atoms with Crippen molar-refractivity contribution in [2.24, 2.45) is 11.7 Å². The van der Waals surface area contributed by atoms with Crippen LogP contribution in [0.5, 0.6) is 0 Å². The molecular formula is C11H20N2O3S. The zero-order chi connectivity index (χ0) is 12.5. The van der Waals surface area contributed by atoms with E-state index >= 15 is 0 Å². The van der Waals surface area contributed by atoms with Crippen LogP contribution in [0.2, 0.25) is 0 Å². The SMILES string of the molecule is NC(=O)CSCC(=O)NCC[C@H]1CCCOC1. The number of carbonyl (C=O) groups is 2. The Hall–Kier alpha value is -0.750. The molecule has 1 heterocycles. The highest BCUT2D eigenvalue weighted by molar-refractivity contribution is 8.00. The van der Waals surface area contributed by atoms with Gasteiger partial charge in [-0.1, -0.05) is 0 Å². The summed E-state index contributed by atoms with van der Waals surface area (Å²) in [6, 6.07) is 0. The van der Waals surface area contributed by atoms with Crippen molar-refractivity contribution in [3.8, 4) is 0 Å². The van der Waals surface area contributed by atoms with Crippen molar-refractivity contribution in [1.82, 2.24) is 5.32 Å². The monoisotopic (exact) mass is 260 g/mol. The second-order valence-electron chi connectivity index (χ2n) is 4.18. The van der Waals surface area contributed by atoms with E-state index in [4.69, 9.17) is 10.5 Å². The minimum absolute atomic E-state index is 0.0343. The maximum Gasteiger partial charge on any atom is 0.230 e. The van der Waals surface area contributed by atoms with Crippen LogP contribution in [0.25, 0.3) is 0 Å². The van der Waals surface area contributed by atoms with E-state index < -0.39 is 0 Å². The molecule has 1 fully saturated rings. The number of nitrogens with one attached hydrogen (secondary N) is 1. The van der Waals surface area contributed by atoms with Crippen molar-refractivity contribution in [3.63, 3.8) is 0 Å². The van der Waals surface area contributed by atoms with Gasteiger partial charge in [0.1, 0.15) is 0 Å². The van der Waals surface area contributed by atoms with E-state index in [0.29, 0.717) is 18.2 Å². The number of ether oxygens (including phenoxy) is 1. The average Bonchev–Trinajstić information content (AvgIpc) is 2.30. The Balaban J connectivity index is 1.97. The molecule has 2 amide bonds. The van der Waals surface area contributed by atoms with E-state index in [1.807, 2.05) is 0 Å². The van der Waals surface area contributed by atoms with Crippen LogP contribution < -0.4 is 11.1 Å². The quantitative estimate of drug-likeness (QED) is 0.682. The van der Waals surface area contributed by atoms with E-state index in [9.17, 15) is 9.59 Å². The number of amides is 2. The van der Waals surface area contributed by atoms with Gasteiger partial charge in [-0.15, -0.1) is 11.8 Å². The molecule has 1 aliphatic heterocycles. The zero-order valence-electron chi connectivity index (χ0n) is 9.94. The summed E-state index contributed by atoms with van der Waals surface area (Å²) in [5, 5.41) is 2.84. The minimum atomic E-state index is -0.387. The summed E-state index contributed by atoms with van der Waals surface area (Å²) in [4.78, 5) is 21.8. The first-order valence-corrected chi connectivity index (χ1v) is 7.04. The van der Waals surface area contributed by atoms with Gasteiger partial charge in [0, 0.05) is 19.8 Å². The lowest BCUT2D eigenvalue weighted by Gasteiger charge is -2.21. The Labute approximate surface area is 106 Å². The van der Waals surface area contributed by atoms with Gasteiger partial charge < -0.3 is 15.8 Å². The van der Waals surface area contributed by atoms with Crippen molar-refractivity contribution in [2.45, 2.75) is 19.3 Å². The Morgan fingerprint density at radius 2 is 2.24 bits per heavy atom. The molecule has 0 radical (unpaired) electrons. The standard InChI is InChI=1S/C11H20N2O3S/c12-10(14)7-17-8-11(15)13-4-3-9-2-1-5-16-6-9/h9H,1-8H2,(H2,12,14)(H,13,15)/t9-/m1/s1. The third kappa shape index (κ3) is 7.23. The van der Waals surface area contributed by atoms with Gasteiger partial charge in [0.2, 0.25) is 11.8 Å². The summed E-state index contributed by atoms with van der Waals surface area (Å²) in [5.74, 6) is 0.644. The van der Waals surface area contributed by atoms with Crippen LogP contribution in [0.15, 0.2) is 0 Å². The molecule has 5 nitrogen and oxygen atoms in total. The van der Waals surface area contributed by atoms with Crippen molar-refractivity contribution in [1.29, 1.82) is 0 Å². The van der Waals surface area contributed by atoms with Crippen LogP contribution >= 0.6 is 11.8 Å². The minimum Gasteiger partial charge on any atom is -0.381 e. The lowest BCUT2D eigenvalue weighted by molar-refractivity contribution is -0.118. The maximum absolute atomic E-state index is 11.4. The maximum atomic E-state index is 11.4.